The average molecular weight is 637 g/mol. The lowest BCUT2D eigenvalue weighted by atomic mass is 10.2. The van der Waals surface area contributed by atoms with Gasteiger partial charge in [0.2, 0.25) is 0 Å². The van der Waals surface area contributed by atoms with E-state index < -0.39 is 21.5 Å². The highest BCUT2D eigenvalue weighted by Crippen LogP contribution is 2.27. The maximum atomic E-state index is 13.6. The minimum atomic E-state index is -4.21. The average Bonchev–Trinajstić information content (AvgIpc) is 3.08. The van der Waals surface area contributed by atoms with Crippen LogP contribution in [-0.4, -0.2) is 30.7 Å². The first kappa shape index (κ1) is 26.0. The first-order chi connectivity index (χ1) is 17.0. The summed E-state index contributed by atoms with van der Waals surface area (Å²) in [4.78, 5) is 26.1. The Morgan fingerprint density at radius 2 is 1.67 bits per heavy atom. The molecule has 0 aliphatic heterocycles. The molecule has 0 fully saturated rings. The summed E-state index contributed by atoms with van der Waals surface area (Å²) in [7, 11) is -1.21. The molecule has 0 aliphatic rings. The van der Waals surface area contributed by atoms with Crippen molar-refractivity contribution in [2.24, 2.45) is 7.05 Å². The number of carbonyl (C=O) groups excluding carboxylic acids is 1. The Hall–Kier alpha value is -3.09. The van der Waals surface area contributed by atoms with E-state index in [-0.39, 0.29) is 21.2 Å². The predicted molar refractivity (Wildman–Crippen MR) is 150 cm³/mol. The number of rotatable bonds is 6. The number of hydrogen-bond acceptors (Lipinski definition) is 4. The summed E-state index contributed by atoms with van der Waals surface area (Å²) in [6, 6.07) is 19.9. The first-order valence-electron chi connectivity index (χ1n) is 10.7. The Labute approximate surface area is 227 Å². The van der Waals surface area contributed by atoms with Crippen LogP contribution in [0.2, 0.25) is 5.02 Å². The van der Waals surface area contributed by atoms with Gasteiger partial charge in [-0.25, -0.2) is 13.1 Å². The van der Waals surface area contributed by atoms with Crippen molar-refractivity contribution in [3.8, 4) is 5.69 Å². The van der Waals surface area contributed by atoms with Crippen LogP contribution in [0.4, 0.5) is 11.4 Å². The number of carbonyl (C=O) groups is 1. The van der Waals surface area contributed by atoms with Crippen molar-refractivity contribution in [3.05, 3.63) is 103 Å². The largest absolute Gasteiger partial charge is 0.322 e. The molecule has 4 rings (SSSR count). The van der Waals surface area contributed by atoms with Crippen LogP contribution in [0.15, 0.2) is 82.5 Å². The molecule has 3 aromatic carbocycles. The molecule has 1 N–H and O–H groups in total. The van der Waals surface area contributed by atoms with Crippen LogP contribution in [0.25, 0.3) is 5.69 Å². The zero-order valence-electron chi connectivity index (χ0n) is 19.6. The van der Waals surface area contributed by atoms with Crippen LogP contribution in [0.1, 0.15) is 16.1 Å². The molecule has 8 nitrogen and oxygen atoms in total. The van der Waals surface area contributed by atoms with Crippen LogP contribution in [0.5, 0.6) is 0 Å². The van der Waals surface area contributed by atoms with E-state index in [2.05, 4.69) is 27.9 Å². The Kier molecular flexibility index (Phi) is 7.30. The maximum Gasteiger partial charge on any atom is 0.296 e. The predicted octanol–water partition coefficient (Wildman–Crippen LogP) is 4.82. The molecule has 1 heterocycles. The highest BCUT2D eigenvalue weighted by atomic mass is 127. The Bertz CT molecular complexity index is 1610. The fourth-order valence-electron chi connectivity index (χ4n) is 3.77. The minimum Gasteiger partial charge on any atom is -0.322 e. The van der Waals surface area contributed by atoms with Gasteiger partial charge in [0.25, 0.3) is 21.5 Å². The molecule has 0 atom stereocenters. The maximum absolute atomic E-state index is 13.6. The van der Waals surface area contributed by atoms with Gasteiger partial charge in [0.15, 0.2) is 0 Å². The molecule has 186 valence electrons. The van der Waals surface area contributed by atoms with Crippen molar-refractivity contribution in [2.75, 3.05) is 16.7 Å². The lowest BCUT2D eigenvalue weighted by Crippen LogP contribution is -2.32. The summed E-state index contributed by atoms with van der Waals surface area (Å²) >= 11 is 8.40. The standard InChI is InChI=1S/C25H22ClIN4O4S/c1-16-23(25(33)31(29(16)2)19-7-5-4-6-8-19)30(3)36(34,35)20-13-14-22(26)21(15-20)24(32)28-18-11-9-17(27)10-12-18/h4-15H,1-3H3,(H,28,32). The number of aromatic nitrogens is 2. The minimum absolute atomic E-state index is 0.00110. The second-order valence-electron chi connectivity index (χ2n) is 7.99. The zero-order chi connectivity index (χ0) is 26.2. The molecule has 0 aliphatic carbocycles. The normalized spacial score (nSPS) is 11.4. The van der Waals surface area contributed by atoms with Gasteiger partial charge >= 0.3 is 0 Å². The third-order valence-corrected chi connectivity index (χ3v) is 8.58. The molecule has 0 spiro atoms. The molecule has 1 amide bonds. The zero-order valence-corrected chi connectivity index (χ0v) is 23.3. The summed E-state index contributed by atoms with van der Waals surface area (Å²) < 4.78 is 32.1. The highest BCUT2D eigenvalue weighted by molar-refractivity contribution is 14.1. The van der Waals surface area contributed by atoms with Gasteiger partial charge in [0, 0.05) is 23.4 Å². The lowest BCUT2D eigenvalue weighted by molar-refractivity contribution is 0.102. The van der Waals surface area contributed by atoms with E-state index in [0.29, 0.717) is 17.1 Å². The van der Waals surface area contributed by atoms with Gasteiger partial charge < -0.3 is 5.32 Å². The van der Waals surface area contributed by atoms with Crippen LogP contribution >= 0.6 is 34.2 Å². The Morgan fingerprint density at radius 3 is 2.31 bits per heavy atom. The number of nitrogens with one attached hydrogen (secondary N) is 1. The molecule has 0 radical (unpaired) electrons. The molecule has 0 saturated carbocycles. The summed E-state index contributed by atoms with van der Waals surface area (Å²) in [6.45, 7) is 1.67. The second kappa shape index (κ2) is 10.1. The summed E-state index contributed by atoms with van der Waals surface area (Å²) in [6.07, 6.45) is 0. The van der Waals surface area contributed by atoms with Crippen molar-refractivity contribution in [1.29, 1.82) is 0 Å². The SMILES string of the molecule is Cc1c(N(C)S(=O)(=O)c2ccc(Cl)c(C(=O)Nc3ccc(I)cc3)c2)c(=O)n(-c2ccccc2)n1C. The van der Waals surface area contributed by atoms with E-state index in [0.717, 1.165) is 7.88 Å². The van der Waals surface area contributed by atoms with Crippen LogP contribution < -0.4 is 15.2 Å². The van der Waals surface area contributed by atoms with Crippen LogP contribution in [-0.2, 0) is 17.1 Å². The number of para-hydroxylation sites is 1. The van der Waals surface area contributed by atoms with Crippen molar-refractivity contribution in [2.45, 2.75) is 11.8 Å². The number of anilines is 2. The van der Waals surface area contributed by atoms with Gasteiger partial charge in [-0.15, -0.1) is 0 Å². The Balaban J connectivity index is 1.72. The van der Waals surface area contributed by atoms with Crippen molar-refractivity contribution >= 4 is 61.5 Å². The van der Waals surface area contributed by atoms with Crippen LogP contribution in [0, 0.1) is 10.5 Å². The lowest BCUT2D eigenvalue weighted by Gasteiger charge is -2.19. The molecule has 0 unspecified atom stereocenters. The summed E-state index contributed by atoms with van der Waals surface area (Å²) in [5.41, 5.74) is 1.12. The fourth-order valence-corrected chi connectivity index (χ4v) is 5.60. The Morgan fingerprint density at radius 1 is 1.03 bits per heavy atom. The quantitative estimate of drug-likeness (QED) is 0.307. The second-order valence-corrected chi connectivity index (χ2v) is 11.6. The topological polar surface area (TPSA) is 93.4 Å². The van der Waals surface area contributed by atoms with E-state index in [1.807, 2.05) is 18.2 Å². The number of amides is 1. The monoisotopic (exact) mass is 636 g/mol. The van der Waals surface area contributed by atoms with Crippen molar-refractivity contribution in [3.63, 3.8) is 0 Å². The third kappa shape index (κ3) is 4.80. The number of sulfonamides is 1. The molecule has 0 saturated heterocycles. The summed E-state index contributed by atoms with van der Waals surface area (Å²) in [5, 5.41) is 2.82. The summed E-state index contributed by atoms with van der Waals surface area (Å²) in [5.74, 6) is -0.553. The highest BCUT2D eigenvalue weighted by Gasteiger charge is 2.29. The van der Waals surface area contributed by atoms with E-state index in [9.17, 15) is 18.0 Å². The number of hydrogen-bond donors (Lipinski definition) is 1. The van der Waals surface area contributed by atoms with E-state index in [4.69, 9.17) is 11.6 Å². The first-order valence-corrected chi connectivity index (χ1v) is 13.6. The smallest absolute Gasteiger partial charge is 0.296 e. The van der Waals surface area contributed by atoms with E-state index >= 15 is 0 Å². The molecule has 36 heavy (non-hydrogen) atoms. The van der Waals surface area contributed by atoms with Gasteiger partial charge in [-0.1, -0.05) is 29.8 Å². The van der Waals surface area contributed by atoms with Gasteiger partial charge in [-0.2, -0.15) is 0 Å². The number of halogens is 2. The van der Waals surface area contributed by atoms with Gasteiger partial charge in [-0.3, -0.25) is 18.6 Å². The van der Waals surface area contributed by atoms with Crippen LogP contribution in [0.3, 0.4) is 0 Å². The number of nitrogens with zero attached hydrogens (tertiary/aromatic N) is 3. The molecular weight excluding hydrogens is 615 g/mol. The molecule has 0 bridgehead atoms. The molecule has 4 aromatic rings. The molecular formula is C25H22ClIN4O4S. The third-order valence-electron chi connectivity index (χ3n) is 5.78. The van der Waals surface area contributed by atoms with E-state index in [1.54, 1.807) is 55.1 Å². The fraction of sp³-hybridized carbons (Fsp3) is 0.120. The van der Waals surface area contributed by atoms with Crippen molar-refractivity contribution < 1.29 is 13.2 Å². The number of benzene rings is 3. The van der Waals surface area contributed by atoms with Gasteiger partial charge in [0.1, 0.15) is 5.69 Å². The molecule has 1 aromatic heterocycles. The van der Waals surface area contributed by atoms with Gasteiger partial charge in [0.05, 0.1) is 26.9 Å². The molecule has 11 heteroatoms. The van der Waals surface area contributed by atoms with Gasteiger partial charge in [-0.05, 0) is 84.1 Å². The van der Waals surface area contributed by atoms with E-state index in [1.165, 1.54) is 29.9 Å². The van der Waals surface area contributed by atoms with Crippen molar-refractivity contribution in [1.82, 2.24) is 9.36 Å².